The van der Waals surface area contributed by atoms with Gasteiger partial charge in [-0.3, -0.25) is 9.36 Å². The molecule has 0 saturated carbocycles. The zero-order chi connectivity index (χ0) is 26.6. The number of pyridine rings is 1. The van der Waals surface area contributed by atoms with Crippen LogP contribution in [-0.4, -0.2) is 42.5 Å². The molecule has 1 fully saturated rings. The van der Waals surface area contributed by atoms with Gasteiger partial charge < -0.3 is 9.57 Å². The molecule has 0 atom stereocenters. The maximum absolute atomic E-state index is 13.2. The number of oxime groups is 1. The molecule has 1 aromatic heterocycles. The first-order chi connectivity index (χ1) is 17.5. The van der Waals surface area contributed by atoms with Crippen molar-refractivity contribution in [2.45, 2.75) is 30.7 Å². The molecule has 2 aromatic carbocycles. The van der Waals surface area contributed by atoms with E-state index in [9.17, 15) is 30.8 Å². The smallest absolute Gasteiger partial charge is 0.406 e. The molecule has 3 aromatic rings. The van der Waals surface area contributed by atoms with Crippen molar-refractivity contribution >= 4 is 15.7 Å². The van der Waals surface area contributed by atoms with E-state index in [0.29, 0.717) is 29.8 Å². The second kappa shape index (κ2) is 10.7. The summed E-state index contributed by atoms with van der Waals surface area (Å²) in [7, 11) is -3.90. The summed E-state index contributed by atoms with van der Waals surface area (Å²) in [4.78, 5) is 17.4. The first-order valence-corrected chi connectivity index (χ1v) is 12.5. The molecule has 0 N–H and O–H groups in total. The van der Waals surface area contributed by atoms with Crippen LogP contribution in [0.25, 0.3) is 5.69 Å². The van der Waals surface area contributed by atoms with Crippen molar-refractivity contribution in [1.82, 2.24) is 8.87 Å². The van der Waals surface area contributed by atoms with Crippen molar-refractivity contribution in [3.8, 4) is 11.4 Å². The van der Waals surface area contributed by atoms with Gasteiger partial charge in [-0.2, -0.15) is 4.31 Å². The third kappa shape index (κ3) is 6.74. The van der Waals surface area contributed by atoms with E-state index in [1.165, 1.54) is 39.2 Å². The second-order valence-electron chi connectivity index (χ2n) is 8.08. The Balaban J connectivity index is 1.33. The lowest BCUT2D eigenvalue weighted by Crippen LogP contribution is -2.38. The van der Waals surface area contributed by atoms with Crippen molar-refractivity contribution in [2.75, 3.05) is 13.1 Å². The number of aromatic nitrogens is 1. The molecule has 0 radical (unpaired) electrons. The van der Waals surface area contributed by atoms with Crippen molar-refractivity contribution < 1.29 is 35.6 Å². The van der Waals surface area contributed by atoms with Crippen LogP contribution in [0, 0.1) is 5.82 Å². The Morgan fingerprint density at radius 1 is 0.919 bits per heavy atom. The van der Waals surface area contributed by atoms with Gasteiger partial charge in [0.2, 0.25) is 10.0 Å². The maximum atomic E-state index is 13.2. The molecule has 0 unspecified atom stereocenters. The Bertz CT molecular complexity index is 1430. The Labute approximate surface area is 209 Å². The minimum atomic E-state index is -4.87. The highest BCUT2D eigenvalue weighted by molar-refractivity contribution is 7.89. The summed E-state index contributed by atoms with van der Waals surface area (Å²) in [5.41, 5.74) is 1.49. The van der Waals surface area contributed by atoms with E-state index in [-0.39, 0.29) is 30.2 Å². The van der Waals surface area contributed by atoms with Crippen LogP contribution in [0.4, 0.5) is 17.6 Å². The average molecular weight is 540 g/mol. The fraction of sp³-hybridized carbons (Fsp3) is 0.250. The van der Waals surface area contributed by atoms with Crippen molar-refractivity contribution in [3.05, 3.63) is 88.6 Å². The van der Waals surface area contributed by atoms with Gasteiger partial charge in [0.1, 0.15) is 18.2 Å². The lowest BCUT2D eigenvalue weighted by molar-refractivity contribution is -0.274. The average Bonchev–Trinajstić information content (AvgIpc) is 2.85. The van der Waals surface area contributed by atoms with Crippen LogP contribution in [-0.2, 0) is 21.5 Å². The van der Waals surface area contributed by atoms with E-state index in [1.807, 2.05) is 0 Å². The Morgan fingerprint density at radius 2 is 1.57 bits per heavy atom. The predicted molar refractivity (Wildman–Crippen MR) is 125 cm³/mol. The van der Waals surface area contributed by atoms with Crippen LogP contribution in [0.3, 0.4) is 0 Å². The third-order valence-electron chi connectivity index (χ3n) is 5.50. The van der Waals surface area contributed by atoms with Crippen LogP contribution in [0.5, 0.6) is 5.75 Å². The van der Waals surface area contributed by atoms with E-state index in [0.717, 1.165) is 24.3 Å². The molecule has 4 rings (SSSR count). The van der Waals surface area contributed by atoms with Gasteiger partial charge >= 0.3 is 6.36 Å². The Hall–Kier alpha value is -3.71. The normalized spacial score (nSPS) is 14.9. The molecule has 37 heavy (non-hydrogen) atoms. The highest BCUT2D eigenvalue weighted by Crippen LogP contribution is 2.26. The van der Waals surface area contributed by atoms with Gasteiger partial charge in [0.15, 0.2) is 0 Å². The zero-order valence-electron chi connectivity index (χ0n) is 19.2. The summed E-state index contributed by atoms with van der Waals surface area (Å²) in [6.07, 6.45) is -2.68. The lowest BCUT2D eigenvalue weighted by atomic mass is 10.1. The molecule has 8 nitrogen and oxygen atoms in total. The Morgan fingerprint density at radius 3 is 2.19 bits per heavy atom. The maximum Gasteiger partial charge on any atom is 0.573 e. The van der Waals surface area contributed by atoms with Crippen LogP contribution in [0.2, 0.25) is 0 Å². The van der Waals surface area contributed by atoms with Crippen molar-refractivity contribution in [3.63, 3.8) is 0 Å². The van der Waals surface area contributed by atoms with E-state index in [1.54, 1.807) is 12.3 Å². The summed E-state index contributed by atoms with van der Waals surface area (Å²) in [6.45, 7) is 0.306. The number of piperidine rings is 1. The van der Waals surface area contributed by atoms with Gasteiger partial charge in [0.05, 0.1) is 10.6 Å². The van der Waals surface area contributed by atoms with Crippen LogP contribution in [0.1, 0.15) is 18.4 Å². The van der Waals surface area contributed by atoms with Gasteiger partial charge in [-0.25, -0.2) is 12.8 Å². The van der Waals surface area contributed by atoms with Crippen LogP contribution < -0.4 is 10.3 Å². The van der Waals surface area contributed by atoms with E-state index >= 15 is 0 Å². The van der Waals surface area contributed by atoms with Crippen molar-refractivity contribution in [1.29, 1.82) is 0 Å². The number of rotatable bonds is 7. The largest absolute Gasteiger partial charge is 0.573 e. The van der Waals surface area contributed by atoms with Crippen LogP contribution in [0.15, 0.2) is 81.7 Å². The molecule has 2 heterocycles. The monoisotopic (exact) mass is 539 g/mol. The van der Waals surface area contributed by atoms with Crippen molar-refractivity contribution in [2.24, 2.45) is 5.16 Å². The molecule has 0 amide bonds. The standard InChI is InChI=1S/C24H21F4N3O5S/c25-18-2-4-20(5-3-18)31-15-17(1-10-23(31)32)16-35-29-19-11-13-30(14-12-19)37(33,34)22-8-6-21(7-9-22)36-24(26,27)28/h1-10,15H,11-14,16H2. The molecular formula is C24H21F4N3O5S. The summed E-state index contributed by atoms with van der Waals surface area (Å²) in [5, 5.41) is 4.08. The number of halogens is 4. The minimum Gasteiger partial charge on any atom is -0.406 e. The first kappa shape index (κ1) is 26.4. The molecule has 196 valence electrons. The summed E-state index contributed by atoms with van der Waals surface area (Å²) in [6, 6.07) is 12.4. The van der Waals surface area contributed by atoms with E-state index < -0.39 is 28.0 Å². The predicted octanol–water partition coefficient (Wildman–Crippen LogP) is 4.23. The second-order valence-corrected chi connectivity index (χ2v) is 10.0. The number of hydrogen-bond donors (Lipinski definition) is 0. The summed E-state index contributed by atoms with van der Waals surface area (Å²) >= 11 is 0. The molecule has 0 bridgehead atoms. The molecule has 0 aliphatic carbocycles. The highest BCUT2D eigenvalue weighted by Gasteiger charge is 2.32. The first-order valence-electron chi connectivity index (χ1n) is 11.0. The number of nitrogens with zero attached hydrogens (tertiary/aromatic N) is 3. The number of alkyl halides is 3. The van der Waals surface area contributed by atoms with E-state index in [4.69, 9.17) is 4.84 Å². The van der Waals surface area contributed by atoms with Gasteiger partial charge in [-0.05, 0) is 54.6 Å². The van der Waals surface area contributed by atoms with Crippen LogP contribution >= 0.6 is 0 Å². The molecule has 0 spiro atoms. The van der Waals surface area contributed by atoms with Gasteiger partial charge in [0.25, 0.3) is 5.56 Å². The zero-order valence-corrected chi connectivity index (χ0v) is 20.0. The molecule has 13 heteroatoms. The SMILES string of the molecule is O=c1ccc(CON=C2CCN(S(=O)(=O)c3ccc(OC(F)(F)F)cc3)CC2)cn1-c1ccc(F)cc1. The molecule has 1 saturated heterocycles. The molecule has 1 aliphatic rings. The number of sulfonamides is 1. The third-order valence-corrected chi connectivity index (χ3v) is 7.41. The van der Waals surface area contributed by atoms with Gasteiger partial charge in [-0.1, -0.05) is 5.16 Å². The fourth-order valence-electron chi connectivity index (χ4n) is 3.66. The van der Waals surface area contributed by atoms with Gasteiger partial charge in [-0.15, -0.1) is 13.2 Å². The summed E-state index contributed by atoms with van der Waals surface area (Å²) in [5.74, 6) is -0.927. The number of ether oxygens (including phenoxy) is 1. The number of hydrogen-bond acceptors (Lipinski definition) is 6. The number of benzene rings is 2. The molecule has 1 aliphatic heterocycles. The fourth-order valence-corrected chi connectivity index (χ4v) is 5.10. The van der Waals surface area contributed by atoms with Gasteiger partial charge in [0, 0.05) is 49.4 Å². The topological polar surface area (TPSA) is 90.2 Å². The molecular weight excluding hydrogens is 518 g/mol. The minimum absolute atomic E-state index is 0.0549. The van der Waals surface area contributed by atoms with E-state index in [2.05, 4.69) is 9.89 Å². The lowest BCUT2D eigenvalue weighted by Gasteiger charge is -2.26. The Kier molecular flexibility index (Phi) is 7.64. The highest BCUT2D eigenvalue weighted by atomic mass is 32.2. The quantitative estimate of drug-likeness (QED) is 0.331. The summed E-state index contributed by atoms with van der Waals surface area (Å²) < 4.78 is 82.1.